The number of halogens is 1. The maximum Gasteiger partial charge on any atom is 0.272 e. The van der Waals surface area contributed by atoms with Crippen molar-refractivity contribution in [3.63, 3.8) is 0 Å². The minimum atomic E-state index is -0.345. The average Bonchev–Trinajstić information content (AvgIpc) is 3.48. The van der Waals surface area contributed by atoms with Crippen molar-refractivity contribution in [2.45, 2.75) is 12.8 Å². The van der Waals surface area contributed by atoms with Gasteiger partial charge in [-0.1, -0.05) is 0 Å². The first-order valence-corrected chi connectivity index (χ1v) is 10.4. The second-order valence-corrected chi connectivity index (χ2v) is 7.75. The normalized spacial score (nSPS) is 15.6. The molecule has 0 atom stereocenters. The lowest BCUT2D eigenvalue weighted by molar-refractivity contribution is -0.121. The van der Waals surface area contributed by atoms with Gasteiger partial charge in [0.05, 0.1) is 12.5 Å². The van der Waals surface area contributed by atoms with E-state index in [1.54, 1.807) is 39.8 Å². The van der Waals surface area contributed by atoms with Gasteiger partial charge in [0.2, 0.25) is 12.7 Å². The summed E-state index contributed by atoms with van der Waals surface area (Å²) >= 11 is 0. The lowest BCUT2D eigenvalue weighted by atomic mass is 9.95. The Labute approximate surface area is 183 Å². The minimum absolute atomic E-state index is 0.0766. The van der Waals surface area contributed by atoms with Crippen LogP contribution in [0.1, 0.15) is 23.3 Å². The Hall–Kier alpha value is -3.88. The number of benzene rings is 2. The van der Waals surface area contributed by atoms with Crippen molar-refractivity contribution < 1.29 is 23.5 Å². The van der Waals surface area contributed by atoms with E-state index in [9.17, 15) is 14.0 Å². The number of hydrogen-bond acceptors (Lipinski definition) is 5. The zero-order valence-electron chi connectivity index (χ0n) is 17.2. The Kier molecular flexibility index (Phi) is 5.22. The predicted molar refractivity (Wildman–Crippen MR) is 113 cm³/mol. The molecule has 0 aliphatic carbocycles. The first kappa shape index (κ1) is 20.0. The highest BCUT2D eigenvalue weighted by molar-refractivity contribution is 5.95. The van der Waals surface area contributed by atoms with Crippen molar-refractivity contribution >= 4 is 17.5 Å². The van der Waals surface area contributed by atoms with Gasteiger partial charge in [0.15, 0.2) is 11.5 Å². The monoisotopic (exact) mass is 436 g/mol. The molecule has 2 aliphatic rings. The van der Waals surface area contributed by atoms with Gasteiger partial charge < -0.3 is 19.7 Å². The molecule has 5 rings (SSSR count). The van der Waals surface area contributed by atoms with Gasteiger partial charge in [-0.15, -0.1) is 0 Å². The molecule has 1 N–H and O–H groups in total. The quantitative estimate of drug-likeness (QED) is 0.679. The SMILES string of the molecule is O=C(Nc1ccc2c(c1)OCO2)C1CCN(C(=O)c2cncn2-c2ccc(F)cc2)CC1. The number of rotatable bonds is 4. The third kappa shape index (κ3) is 3.89. The number of hydrogen-bond donors (Lipinski definition) is 1. The predicted octanol–water partition coefficient (Wildman–Crippen LogP) is 3.23. The van der Waals surface area contributed by atoms with E-state index >= 15 is 0 Å². The number of nitrogens with zero attached hydrogens (tertiary/aromatic N) is 3. The molecule has 1 aromatic heterocycles. The van der Waals surface area contributed by atoms with Crippen molar-refractivity contribution in [2.24, 2.45) is 5.92 Å². The van der Waals surface area contributed by atoms with E-state index in [-0.39, 0.29) is 30.3 Å². The van der Waals surface area contributed by atoms with Crippen LogP contribution in [0.25, 0.3) is 5.69 Å². The maximum atomic E-state index is 13.2. The van der Waals surface area contributed by atoms with Gasteiger partial charge in [-0.25, -0.2) is 9.37 Å². The lowest BCUT2D eigenvalue weighted by Gasteiger charge is -2.31. The van der Waals surface area contributed by atoms with Crippen molar-refractivity contribution in [1.82, 2.24) is 14.5 Å². The third-order valence-corrected chi connectivity index (χ3v) is 5.76. The molecular weight excluding hydrogens is 415 g/mol. The van der Waals surface area contributed by atoms with Gasteiger partial charge in [-0.05, 0) is 49.2 Å². The van der Waals surface area contributed by atoms with E-state index < -0.39 is 0 Å². The van der Waals surface area contributed by atoms with Crippen molar-refractivity contribution in [3.05, 3.63) is 66.5 Å². The number of carbonyl (C=O) groups is 2. The molecule has 0 radical (unpaired) electrons. The topological polar surface area (TPSA) is 85.7 Å². The van der Waals surface area contributed by atoms with Gasteiger partial charge in [0, 0.05) is 36.4 Å². The molecule has 1 fully saturated rings. The first-order chi connectivity index (χ1) is 15.6. The number of anilines is 1. The Balaban J connectivity index is 1.20. The standard InChI is InChI=1S/C23H21FN4O4/c24-16-1-4-18(5-2-16)28-13-25-12-19(28)23(30)27-9-7-15(8-10-27)22(29)26-17-3-6-20-21(11-17)32-14-31-20/h1-6,11-13,15H,7-10,14H2,(H,26,29). The van der Waals surface area contributed by atoms with Crippen LogP contribution in [0.4, 0.5) is 10.1 Å². The van der Waals surface area contributed by atoms with Crippen LogP contribution < -0.4 is 14.8 Å². The van der Waals surface area contributed by atoms with Crippen molar-refractivity contribution in [1.29, 1.82) is 0 Å². The molecule has 2 aromatic carbocycles. The number of amides is 2. The summed E-state index contributed by atoms with van der Waals surface area (Å²) in [6.45, 7) is 1.11. The smallest absolute Gasteiger partial charge is 0.272 e. The van der Waals surface area contributed by atoms with Gasteiger partial charge in [0.25, 0.3) is 5.91 Å². The van der Waals surface area contributed by atoms with Crippen LogP contribution in [-0.2, 0) is 4.79 Å². The second kappa shape index (κ2) is 8.33. The zero-order chi connectivity index (χ0) is 22.1. The fourth-order valence-corrected chi connectivity index (χ4v) is 3.99. The maximum absolute atomic E-state index is 13.2. The molecular formula is C23H21FN4O4. The third-order valence-electron chi connectivity index (χ3n) is 5.76. The lowest BCUT2D eigenvalue weighted by Crippen LogP contribution is -2.42. The minimum Gasteiger partial charge on any atom is -0.454 e. The van der Waals surface area contributed by atoms with Crippen LogP contribution >= 0.6 is 0 Å². The summed E-state index contributed by atoms with van der Waals surface area (Å²) in [5.74, 6) is 0.499. The van der Waals surface area contributed by atoms with Crippen LogP contribution in [-0.4, -0.2) is 46.1 Å². The molecule has 3 aromatic rings. The molecule has 32 heavy (non-hydrogen) atoms. The van der Waals surface area contributed by atoms with Crippen LogP contribution in [0.2, 0.25) is 0 Å². The van der Waals surface area contributed by atoms with Gasteiger partial charge in [-0.2, -0.15) is 0 Å². The van der Waals surface area contributed by atoms with E-state index in [0.29, 0.717) is 54.5 Å². The number of aromatic nitrogens is 2. The number of fused-ring (bicyclic) bond motifs is 1. The molecule has 2 aliphatic heterocycles. The summed E-state index contributed by atoms with van der Waals surface area (Å²) in [5.41, 5.74) is 1.71. The second-order valence-electron chi connectivity index (χ2n) is 7.75. The Bertz CT molecular complexity index is 1150. The zero-order valence-corrected chi connectivity index (χ0v) is 17.2. The number of piperidine rings is 1. The van der Waals surface area contributed by atoms with Gasteiger partial charge in [-0.3, -0.25) is 14.2 Å². The van der Waals surface area contributed by atoms with E-state index in [4.69, 9.17) is 9.47 Å². The first-order valence-electron chi connectivity index (χ1n) is 10.4. The average molecular weight is 436 g/mol. The molecule has 0 saturated carbocycles. The van der Waals surface area contributed by atoms with Crippen molar-refractivity contribution in [3.8, 4) is 17.2 Å². The largest absolute Gasteiger partial charge is 0.454 e. The van der Waals surface area contributed by atoms with Crippen molar-refractivity contribution in [2.75, 3.05) is 25.2 Å². The molecule has 9 heteroatoms. The van der Waals surface area contributed by atoms with E-state index in [1.165, 1.54) is 24.7 Å². The highest BCUT2D eigenvalue weighted by atomic mass is 19.1. The molecule has 0 unspecified atom stereocenters. The van der Waals surface area contributed by atoms with Crippen LogP contribution in [0.3, 0.4) is 0 Å². The van der Waals surface area contributed by atoms with Gasteiger partial charge in [0.1, 0.15) is 11.5 Å². The number of imidazole rings is 1. The van der Waals surface area contributed by atoms with Gasteiger partial charge >= 0.3 is 0 Å². The summed E-state index contributed by atoms with van der Waals surface area (Å²) in [5, 5.41) is 2.93. The summed E-state index contributed by atoms with van der Waals surface area (Å²) in [6.07, 6.45) is 4.16. The Morgan fingerprint density at radius 3 is 2.56 bits per heavy atom. The molecule has 0 bridgehead atoms. The molecule has 8 nitrogen and oxygen atoms in total. The molecule has 164 valence electrons. The fourth-order valence-electron chi connectivity index (χ4n) is 3.99. The molecule has 1 saturated heterocycles. The van der Waals surface area contributed by atoms with E-state index in [1.807, 2.05) is 0 Å². The number of likely N-dealkylation sites (tertiary alicyclic amines) is 1. The fraction of sp³-hybridized carbons (Fsp3) is 0.261. The number of carbonyl (C=O) groups excluding carboxylic acids is 2. The summed E-state index contributed by atoms with van der Waals surface area (Å²) in [6, 6.07) is 11.2. The highest BCUT2D eigenvalue weighted by Crippen LogP contribution is 2.34. The number of ether oxygens (including phenoxy) is 2. The summed E-state index contributed by atoms with van der Waals surface area (Å²) in [4.78, 5) is 31.6. The number of nitrogens with one attached hydrogen (secondary N) is 1. The summed E-state index contributed by atoms with van der Waals surface area (Å²) in [7, 11) is 0. The van der Waals surface area contributed by atoms with Crippen LogP contribution in [0.15, 0.2) is 55.0 Å². The molecule has 3 heterocycles. The Morgan fingerprint density at radius 2 is 1.78 bits per heavy atom. The van der Waals surface area contributed by atoms with E-state index in [0.717, 1.165) is 0 Å². The molecule has 2 amide bonds. The summed E-state index contributed by atoms with van der Waals surface area (Å²) < 4.78 is 25.5. The Morgan fingerprint density at radius 1 is 1.03 bits per heavy atom. The van der Waals surface area contributed by atoms with Crippen LogP contribution in [0, 0.1) is 11.7 Å². The van der Waals surface area contributed by atoms with E-state index in [2.05, 4.69) is 10.3 Å². The highest BCUT2D eigenvalue weighted by Gasteiger charge is 2.29. The molecule has 0 spiro atoms. The van der Waals surface area contributed by atoms with Crippen LogP contribution in [0.5, 0.6) is 11.5 Å².